The predicted molar refractivity (Wildman–Crippen MR) is 107 cm³/mol. The van der Waals surface area contributed by atoms with Gasteiger partial charge in [-0.1, -0.05) is 19.1 Å². The predicted octanol–water partition coefficient (Wildman–Crippen LogP) is 4.41. The molecule has 2 N–H and O–H groups in total. The quantitative estimate of drug-likeness (QED) is 0.749. The van der Waals surface area contributed by atoms with Crippen molar-refractivity contribution in [1.82, 2.24) is 5.32 Å². The van der Waals surface area contributed by atoms with Crippen molar-refractivity contribution in [2.24, 2.45) is 0 Å². The Balaban J connectivity index is 1.82. The van der Waals surface area contributed by atoms with E-state index >= 15 is 0 Å². The molecule has 0 saturated carbocycles. The zero-order chi connectivity index (χ0) is 19.4. The summed E-state index contributed by atoms with van der Waals surface area (Å²) >= 11 is 5.55. The molecule has 2 heterocycles. The van der Waals surface area contributed by atoms with E-state index in [0.717, 1.165) is 22.0 Å². The summed E-state index contributed by atoms with van der Waals surface area (Å²) in [5.41, 5.74) is 3.75. The second-order valence-corrected chi connectivity index (χ2v) is 9.18. The number of hydrogen-bond acceptors (Lipinski definition) is 4. The van der Waals surface area contributed by atoms with Gasteiger partial charge < -0.3 is 20.1 Å². The smallest absolute Gasteiger partial charge is 0.407 e. The Labute approximate surface area is 160 Å². The second-order valence-electron chi connectivity index (χ2n) is 8.77. The van der Waals surface area contributed by atoms with Crippen LogP contribution in [0.1, 0.15) is 64.2 Å². The molecule has 26 heavy (non-hydrogen) atoms. The molecule has 0 bridgehead atoms. The molecule has 2 aliphatic rings. The van der Waals surface area contributed by atoms with Crippen LogP contribution in [-0.4, -0.2) is 29.3 Å². The third kappa shape index (κ3) is 3.15. The van der Waals surface area contributed by atoms with E-state index in [0.29, 0.717) is 6.54 Å². The minimum atomic E-state index is -0.515. The standard InChI is InChI=1S/C20H28N2O3S/c1-10-8-12-11(2)13(9-21-18(23)25-19(3,4)5)24-16(12)14-15(10)22-17(26)20(14,6)7/h8,11,13H,9H2,1-7H3,(H,21,23)(H,22,26). The highest BCUT2D eigenvalue weighted by Gasteiger charge is 2.44. The topological polar surface area (TPSA) is 59.6 Å². The van der Waals surface area contributed by atoms with E-state index in [9.17, 15) is 4.79 Å². The molecule has 1 aromatic carbocycles. The van der Waals surface area contributed by atoms with E-state index in [1.807, 2.05) is 20.8 Å². The monoisotopic (exact) mass is 376 g/mol. The maximum atomic E-state index is 12.0. The van der Waals surface area contributed by atoms with E-state index in [4.69, 9.17) is 21.7 Å². The summed E-state index contributed by atoms with van der Waals surface area (Å²) < 4.78 is 11.6. The van der Waals surface area contributed by atoms with Gasteiger partial charge in [-0.2, -0.15) is 0 Å². The summed E-state index contributed by atoms with van der Waals surface area (Å²) in [6.07, 6.45) is -0.553. The fourth-order valence-corrected chi connectivity index (χ4v) is 3.81. The first-order chi connectivity index (χ1) is 11.9. The highest BCUT2D eigenvalue weighted by atomic mass is 32.1. The van der Waals surface area contributed by atoms with E-state index in [-0.39, 0.29) is 17.4 Å². The third-order valence-electron chi connectivity index (χ3n) is 5.10. The first-order valence-corrected chi connectivity index (χ1v) is 9.45. The molecule has 5 nitrogen and oxygen atoms in total. The number of ether oxygens (including phenoxy) is 2. The van der Waals surface area contributed by atoms with Crippen molar-refractivity contribution in [3.8, 4) is 5.75 Å². The van der Waals surface area contributed by atoms with Crippen LogP contribution in [-0.2, 0) is 10.2 Å². The Hall–Kier alpha value is -1.82. The van der Waals surface area contributed by atoms with Crippen molar-refractivity contribution in [2.45, 2.75) is 71.5 Å². The summed E-state index contributed by atoms with van der Waals surface area (Å²) in [5.74, 6) is 1.08. The summed E-state index contributed by atoms with van der Waals surface area (Å²) in [4.78, 5) is 12.8. The van der Waals surface area contributed by atoms with Gasteiger partial charge in [0.25, 0.3) is 0 Å². The highest BCUT2D eigenvalue weighted by molar-refractivity contribution is 7.80. The molecule has 0 radical (unpaired) electrons. The number of amides is 1. The van der Waals surface area contributed by atoms with Crippen molar-refractivity contribution in [2.75, 3.05) is 11.9 Å². The lowest BCUT2D eigenvalue weighted by Gasteiger charge is -2.22. The average Bonchev–Trinajstić information content (AvgIpc) is 2.92. The maximum Gasteiger partial charge on any atom is 0.407 e. The number of thiocarbonyl (C=S) groups is 1. The fourth-order valence-electron chi connectivity index (χ4n) is 3.60. The Morgan fingerprint density at radius 2 is 2.08 bits per heavy atom. The number of hydrogen-bond donors (Lipinski definition) is 2. The molecule has 1 amide bonds. The lowest BCUT2D eigenvalue weighted by Crippen LogP contribution is -2.39. The minimum absolute atomic E-state index is 0.131. The Bertz CT molecular complexity index is 780. The molecule has 0 saturated heterocycles. The molecule has 2 aliphatic heterocycles. The van der Waals surface area contributed by atoms with Gasteiger partial charge in [0.1, 0.15) is 17.5 Å². The molecule has 142 valence electrons. The van der Waals surface area contributed by atoms with Crippen LogP contribution in [0.25, 0.3) is 0 Å². The first kappa shape index (κ1) is 19.0. The Morgan fingerprint density at radius 3 is 2.69 bits per heavy atom. The normalized spacial score (nSPS) is 23.0. The molecule has 6 heteroatoms. The van der Waals surface area contributed by atoms with E-state index in [1.54, 1.807) is 0 Å². The Kier molecular flexibility index (Phi) is 4.46. The molecule has 2 atom stereocenters. The van der Waals surface area contributed by atoms with Crippen LogP contribution in [0.15, 0.2) is 6.07 Å². The third-order valence-corrected chi connectivity index (χ3v) is 5.71. The minimum Gasteiger partial charge on any atom is -0.487 e. The number of nitrogens with one attached hydrogen (secondary N) is 2. The molecular weight excluding hydrogens is 348 g/mol. The van der Waals surface area contributed by atoms with E-state index < -0.39 is 11.7 Å². The number of aryl methyl sites for hydroxylation is 1. The number of alkyl carbamates (subject to hydrolysis) is 1. The molecule has 0 fully saturated rings. The molecule has 3 rings (SSSR count). The van der Waals surface area contributed by atoms with Crippen molar-refractivity contribution < 1.29 is 14.3 Å². The van der Waals surface area contributed by atoms with Crippen LogP contribution in [0.3, 0.4) is 0 Å². The van der Waals surface area contributed by atoms with Gasteiger partial charge in [0.05, 0.1) is 11.5 Å². The fraction of sp³-hybridized carbons (Fsp3) is 0.600. The van der Waals surface area contributed by atoms with Crippen LogP contribution in [0.5, 0.6) is 5.75 Å². The summed E-state index contributed by atoms with van der Waals surface area (Å²) in [6.45, 7) is 14.4. The van der Waals surface area contributed by atoms with Crippen LogP contribution in [0, 0.1) is 6.92 Å². The zero-order valence-corrected chi connectivity index (χ0v) is 17.4. The average molecular weight is 377 g/mol. The maximum absolute atomic E-state index is 12.0. The molecule has 0 spiro atoms. The van der Waals surface area contributed by atoms with Crippen molar-refractivity contribution in [3.05, 3.63) is 22.8 Å². The van der Waals surface area contributed by atoms with Gasteiger partial charge in [-0.3, -0.25) is 0 Å². The van der Waals surface area contributed by atoms with E-state index in [1.165, 1.54) is 11.1 Å². The van der Waals surface area contributed by atoms with Crippen molar-refractivity contribution >= 4 is 29.0 Å². The van der Waals surface area contributed by atoms with Gasteiger partial charge in [0, 0.05) is 28.1 Å². The SMILES string of the molecule is Cc1cc2c(c3c1NC(=S)C3(C)C)OC(CNC(=O)OC(C)(C)C)C2C. The lowest BCUT2D eigenvalue weighted by atomic mass is 9.82. The van der Waals surface area contributed by atoms with Gasteiger partial charge in [0.15, 0.2) is 0 Å². The summed E-state index contributed by atoms with van der Waals surface area (Å²) in [7, 11) is 0. The van der Waals surface area contributed by atoms with Crippen molar-refractivity contribution in [3.63, 3.8) is 0 Å². The number of carbonyl (C=O) groups excluding carboxylic acids is 1. The van der Waals surface area contributed by atoms with Gasteiger partial charge >= 0.3 is 6.09 Å². The summed E-state index contributed by atoms with van der Waals surface area (Å²) in [6, 6.07) is 2.17. The van der Waals surface area contributed by atoms with Gasteiger partial charge in [-0.15, -0.1) is 0 Å². The first-order valence-electron chi connectivity index (χ1n) is 9.04. The molecule has 1 aromatic rings. The van der Waals surface area contributed by atoms with E-state index in [2.05, 4.69) is 44.4 Å². The molecule has 0 aromatic heterocycles. The van der Waals surface area contributed by atoms with Gasteiger partial charge in [-0.05, 0) is 53.2 Å². The van der Waals surface area contributed by atoms with Crippen LogP contribution in [0.2, 0.25) is 0 Å². The van der Waals surface area contributed by atoms with Gasteiger partial charge in [0.2, 0.25) is 0 Å². The summed E-state index contributed by atoms with van der Waals surface area (Å²) in [5, 5.41) is 6.18. The largest absolute Gasteiger partial charge is 0.487 e. The number of anilines is 1. The zero-order valence-electron chi connectivity index (χ0n) is 16.6. The van der Waals surface area contributed by atoms with Gasteiger partial charge in [-0.25, -0.2) is 4.79 Å². The number of rotatable bonds is 2. The van der Waals surface area contributed by atoms with Crippen LogP contribution in [0.4, 0.5) is 10.5 Å². The number of benzene rings is 1. The van der Waals surface area contributed by atoms with Crippen LogP contribution < -0.4 is 15.4 Å². The molecule has 2 unspecified atom stereocenters. The number of carbonyl (C=O) groups is 1. The second kappa shape index (κ2) is 6.12. The molecular formula is C20H28N2O3S. The Morgan fingerprint density at radius 1 is 1.42 bits per heavy atom. The number of fused-ring (bicyclic) bond motifs is 3. The lowest BCUT2D eigenvalue weighted by molar-refractivity contribution is 0.0502. The van der Waals surface area contributed by atoms with Crippen LogP contribution >= 0.6 is 12.2 Å². The highest BCUT2D eigenvalue weighted by Crippen LogP contribution is 2.52. The van der Waals surface area contributed by atoms with Crippen molar-refractivity contribution in [1.29, 1.82) is 0 Å². The molecule has 0 aliphatic carbocycles.